The van der Waals surface area contributed by atoms with Crippen LogP contribution >= 0.6 is 0 Å². The molecule has 1 aliphatic rings. The van der Waals surface area contributed by atoms with E-state index in [0.29, 0.717) is 5.57 Å². The molecular formula is C12H16O4. The van der Waals surface area contributed by atoms with Crippen LogP contribution in [-0.4, -0.2) is 25.0 Å². The predicted molar refractivity (Wildman–Crippen MR) is 58.6 cm³/mol. The highest BCUT2D eigenvalue weighted by atomic mass is 16.5. The SMILES string of the molecule is C=C(C)C1=C(C(=O)OCC)C(=O)C(C)CO1. The molecule has 0 aromatic carbocycles. The number of rotatable bonds is 3. The van der Waals surface area contributed by atoms with Crippen LogP contribution in [0.15, 0.2) is 23.5 Å². The number of ether oxygens (including phenoxy) is 2. The number of carbonyl (C=O) groups is 2. The van der Waals surface area contributed by atoms with E-state index in [1.54, 1.807) is 20.8 Å². The van der Waals surface area contributed by atoms with E-state index in [4.69, 9.17) is 9.47 Å². The number of hydrogen-bond acceptors (Lipinski definition) is 4. The summed E-state index contributed by atoms with van der Waals surface area (Å²) in [6, 6.07) is 0. The van der Waals surface area contributed by atoms with Gasteiger partial charge in [0.2, 0.25) is 0 Å². The smallest absolute Gasteiger partial charge is 0.345 e. The molecule has 16 heavy (non-hydrogen) atoms. The van der Waals surface area contributed by atoms with Crippen molar-refractivity contribution in [3.8, 4) is 0 Å². The first-order chi connectivity index (χ1) is 7.49. The zero-order valence-electron chi connectivity index (χ0n) is 9.83. The Morgan fingerprint density at radius 3 is 2.75 bits per heavy atom. The van der Waals surface area contributed by atoms with Crippen molar-refractivity contribution in [3.63, 3.8) is 0 Å². The Bertz CT molecular complexity index is 365. The largest absolute Gasteiger partial charge is 0.492 e. The molecule has 0 saturated heterocycles. The van der Waals surface area contributed by atoms with Crippen LogP contribution < -0.4 is 0 Å². The van der Waals surface area contributed by atoms with E-state index >= 15 is 0 Å². The Hall–Kier alpha value is -1.58. The number of allylic oxidation sites excluding steroid dienone is 1. The van der Waals surface area contributed by atoms with Crippen LogP contribution in [-0.2, 0) is 19.1 Å². The van der Waals surface area contributed by atoms with E-state index in [1.807, 2.05) is 0 Å². The molecule has 0 saturated carbocycles. The average Bonchev–Trinajstić information content (AvgIpc) is 2.21. The second-order valence-corrected chi connectivity index (χ2v) is 3.78. The van der Waals surface area contributed by atoms with E-state index in [-0.39, 0.29) is 36.2 Å². The lowest BCUT2D eigenvalue weighted by molar-refractivity contribution is -0.141. The minimum absolute atomic E-state index is 0.00639. The maximum absolute atomic E-state index is 11.9. The van der Waals surface area contributed by atoms with Crippen molar-refractivity contribution in [2.45, 2.75) is 20.8 Å². The normalized spacial score (nSPS) is 20.4. The molecular weight excluding hydrogens is 208 g/mol. The summed E-state index contributed by atoms with van der Waals surface area (Å²) in [6.45, 7) is 9.30. The van der Waals surface area contributed by atoms with Gasteiger partial charge in [0.25, 0.3) is 0 Å². The molecule has 0 aromatic heterocycles. The Morgan fingerprint density at radius 1 is 1.62 bits per heavy atom. The molecule has 4 nitrogen and oxygen atoms in total. The summed E-state index contributed by atoms with van der Waals surface area (Å²) in [7, 11) is 0. The van der Waals surface area contributed by atoms with Gasteiger partial charge in [-0.15, -0.1) is 0 Å². The summed E-state index contributed by atoms with van der Waals surface area (Å²) >= 11 is 0. The van der Waals surface area contributed by atoms with Gasteiger partial charge in [-0.05, 0) is 19.4 Å². The van der Waals surface area contributed by atoms with Crippen LogP contribution in [0.3, 0.4) is 0 Å². The summed E-state index contributed by atoms with van der Waals surface area (Å²) in [5.41, 5.74) is 0.552. The lowest BCUT2D eigenvalue weighted by Crippen LogP contribution is -2.31. The van der Waals surface area contributed by atoms with Crippen LogP contribution in [0.4, 0.5) is 0 Å². The fourth-order valence-electron chi connectivity index (χ4n) is 1.45. The topological polar surface area (TPSA) is 52.6 Å². The van der Waals surface area contributed by atoms with Crippen molar-refractivity contribution >= 4 is 11.8 Å². The molecule has 0 amide bonds. The Kier molecular flexibility index (Phi) is 3.88. The number of esters is 1. The first-order valence-electron chi connectivity index (χ1n) is 5.23. The molecule has 0 radical (unpaired) electrons. The first kappa shape index (κ1) is 12.5. The van der Waals surface area contributed by atoms with Crippen LogP contribution in [0, 0.1) is 5.92 Å². The van der Waals surface area contributed by atoms with E-state index in [2.05, 4.69) is 6.58 Å². The van der Waals surface area contributed by atoms with Crippen molar-refractivity contribution in [1.82, 2.24) is 0 Å². The second kappa shape index (κ2) is 4.96. The molecule has 0 spiro atoms. The Balaban J connectivity index is 3.15. The molecule has 88 valence electrons. The summed E-state index contributed by atoms with van der Waals surface area (Å²) < 4.78 is 10.2. The standard InChI is InChI=1S/C12H16O4/c1-5-15-12(14)9-10(13)8(4)6-16-11(9)7(2)3/h8H,2,5-6H2,1,3-4H3. The number of Topliss-reactive ketones (excluding diaryl/α,β-unsaturated/α-hetero) is 1. The van der Waals surface area contributed by atoms with Crippen molar-refractivity contribution in [2.24, 2.45) is 5.92 Å². The minimum Gasteiger partial charge on any atom is -0.492 e. The Labute approximate surface area is 94.9 Å². The van der Waals surface area contributed by atoms with Crippen molar-refractivity contribution in [3.05, 3.63) is 23.5 Å². The predicted octanol–water partition coefficient (Wildman–Crippen LogP) is 1.62. The fourth-order valence-corrected chi connectivity index (χ4v) is 1.45. The van der Waals surface area contributed by atoms with Crippen LogP contribution in [0.5, 0.6) is 0 Å². The zero-order chi connectivity index (χ0) is 12.3. The first-order valence-corrected chi connectivity index (χ1v) is 5.23. The third kappa shape index (κ3) is 2.32. The minimum atomic E-state index is -0.628. The van der Waals surface area contributed by atoms with Gasteiger partial charge in [0.15, 0.2) is 5.78 Å². The van der Waals surface area contributed by atoms with E-state index in [0.717, 1.165) is 0 Å². The lowest BCUT2D eigenvalue weighted by atomic mass is 9.95. The van der Waals surface area contributed by atoms with Gasteiger partial charge in [0.05, 0.1) is 19.1 Å². The lowest BCUT2D eigenvalue weighted by Gasteiger charge is -2.23. The molecule has 1 unspecified atom stereocenters. The quantitative estimate of drug-likeness (QED) is 0.540. The van der Waals surface area contributed by atoms with Gasteiger partial charge in [-0.1, -0.05) is 13.5 Å². The van der Waals surface area contributed by atoms with Crippen molar-refractivity contribution < 1.29 is 19.1 Å². The highest BCUT2D eigenvalue weighted by Crippen LogP contribution is 2.25. The van der Waals surface area contributed by atoms with Crippen LogP contribution in [0.1, 0.15) is 20.8 Å². The van der Waals surface area contributed by atoms with Gasteiger partial charge in [-0.25, -0.2) is 4.79 Å². The van der Waals surface area contributed by atoms with Gasteiger partial charge in [-0.2, -0.15) is 0 Å². The highest BCUT2D eigenvalue weighted by molar-refractivity contribution is 6.19. The zero-order valence-corrected chi connectivity index (χ0v) is 9.83. The molecule has 0 aliphatic carbocycles. The molecule has 0 N–H and O–H groups in total. The maximum atomic E-state index is 11.9. The molecule has 1 aliphatic heterocycles. The third-order valence-corrected chi connectivity index (χ3v) is 2.27. The van der Waals surface area contributed by atoms with E-state index in [1.165, 1.54) is 0 Å². The van der Waals surface area contributed by atoms with Gasteiger partial charge >= 0.3 is 5.97 Å². The third-order valence-electron chi connectivity index (χ3n) is 2.27. The van der Waals surface area contributed by atoms with E-state index in [9.17, 15) is 9.59 Å². The number of hydrogen-bond donors (Lipinski definition) is 0. The van der Waals surface area contributed by atoms with Crippen molar-refractivity contribution in [1.29, 1.82) is 0 Å². The highest BCUT2D eigenvalue weighted by Gasteiger charge is 2.34. The van der Waals surface area contributed by atoms with E-state index < -0.39 is 5.97 Å². The molecule has 1 atom stereocenters. The number of ketones is 1. The second-order valence-electron chi connectivity index (χ2n) is 3.78. The molecule has 1 heterocycles. The van der Waals surface area contributed by atoms with Gasteiger partial charge < -0.3 is 9.47 Å². The molecule has 0 fully saturated rings. The van der Waals surface area contributed by atoms with Crippen LogP contribution in [0.2, 0.25) is 0 Å². The summed E-state index contributed by atoms with van der Waals surface area (Å²) in [5.74, 6) is -0.913. The monoisotopic (exact) mass is 224 g/mol. The van der Waals surface area contributed by atoms with Crippen LogP contribution in [0.25, 0.3) is 0 Å². The summed E-state index contributed by atoms with van der Waals surface area (Å²) in [4.78, 5) is 23.5. The molecule has 0 aromatic rings. The van der Waals surface area contributed by atoms with Crippen molar-refractivity contribution in [2.75, 3.05) is 13.2 Å². The molecule has 4 heteroatoms. The average molecular weight is 224 g/mol. The number of carbonyl (C=O) groups excluding carboxylic acids is 2. The molecule has 0 bridgehead atoms. The molecule has 1 rings (SSSR count). The van der Waals surface area contributed by atoms with Gasteiger partial charge in [0.1, 0.15) is 11.3 Å². The maximum Gasteiger partial charge on any atom is 0.345 e. The summed E-state index contributed by atoms with van der Waals surface area (Å²) in [6.07, 6.45) is 0. The Morgan fingerprint density at radius 2 is 2.25 bits per heavy atom. The summed E-state index contributed by atoms with van der Waals surface area (Å²) in [5, 5.41) is 0. The van der Waals surface area contributed by atoms with Gasteiger partial charge in [0, 0.05) is 0 Å². The van der Waals surface area contributed by atoms with Gasteiger partial charge in [-0.3, -0.25) is 4.79 Å². The fraction of sp³-hybridized carbons (Fsp3) is 0.500.